The minimum absolute atomic E-state index is 0.0751. The predicted octanol–water partition coefficient (Wildman–Crippen LogP) is 4.59. The van der Waals surface area contributed by atoms with Crippen LogP contribution in [0.4, 0.5) is 26.3 Å². The number of carbonyl (C=O) groups is 1. The molecule has 10 heteroatoms. The van der Waals surface area contributed by atoms with Crippen molar-refractivity contribution in [1.82, 2.24) is 0 Å². The van der Waals surface area contributed by atoms with E-state index in [0.29, 0.717) is 0 Å². The van der Waals surface area contributed by atoms with E-state index in [9.17, 15) is 31.1 Å². The summed E-state index contributed by atoms with van der Waals surface area (Å²) in [6.07, 6.45) is -12.0. The number of hydrogen-bond acceptors (Lipinski definition) is 3. The molecule has 0 aliphatic rings. The standard InChI is InChI=1S/C15H25F6IO3/c1-9(2)11(3,4)12(5,22(6)7)10(23)25-8-13(24,14(16,17)18)15(19,20)21/h9,24H,8H2,1-7H3. The molecular formula is C15H25F6IO3. The monoisotopic (exact) mass is 494 g/mol. The first-order valence-electron chi connectivity index (χ1n) is 7.30. The fourth-order valence-electron chi connectivity index (χ4n) is 2.08. The average molecular weight is 494 g/mol. The van der Waals surface area contributed by atoms with Crippen LogP contribution in [0.25, 0.3) is 0 Å². The molecule has 1 N–H and O–H groups in total. The Hall–Kier alpha value is -0.260. The summed E-state index contributed by atoms with van der Waals surface area (Å²) < 4.78 is 79.5. The summed E-state index contributed by atoms with van der Waals surface area (Å²) in [4.78, 5) is 16.1. The number of halogens is 7. The molecule has 0 aliphatic heterocycles. The van der Waals surface area contributed by atoms with Crippen LogP contribution < -0.4 is 0 Å². The fraction of sp³-hybridized carbons (Fsp3) is 0.933. The van der Waals surface area contributed by atoms with Crippen molar-refractivity contribution in [1.29, 1.82) is 0 Å². The molecule has 3 nitrogen and oxygen atoms in total. The minimum atomic E-state index is -6.02. The first kappa shape index (κ1) is 24.7. The molecule has 0 rings (SSSR count). The molecule has 0 aromatic heterocycles. The van der Waals surface area contributed by atoms with Gasteiger partial charge in [-0.15, -0.1) is 0 Å². The average Bonchev–Trinajstić information content (AvgIpc) is 2.39. The van der Waals surface area contributed by atoms with Gasteiger partial charge in [0.2, 0.25) is 0 Å². The van der Waals surface area contributed by atoms with E-state index >= 15 is 0 Å². The molecule has 0 saturated heterocycles. The maximum atomic E-state index is 12.7. The van der Waals surface area contributed by atoms with E-state index < -0.39 is 59.2 Å². The van der Waals surface area contributed by atoms with Gasteiger partial charge in [-0.05, 0) is 0 Å². The van der Waals surface area contributed by atoms with Crippen molar-refractivity contribution in [3.05, 3.63) is 0 Å². The summed E-state index contributed by atoms with van der Waals surface area (Å²) in [5, 5.41) is 9.14. The molecule has 0 aromatic rings. The van der Waals surface area contributed by atoms with Crippen molar-refractivity contribution in [3.63, 3.8) is 0 Å². The second kappa shape index (κ2) is 7.40. The molecule has 0 spiro atoms. The number of hydrogen-bond donors (Lipinski definition) is 1. The molecule has 0 saturated carbocycles. The first-order valence-corrected chi connectivity index (χ1v) is 12.7. The topological polar surface area (TPSA) is 46.5 Å². The maximum absolute atomic E-state index is 12.7. The van der Waals surface area contributed by atoms with Gasteiger partial charge in [0.15, 0.2) is 0 Å². The Morgan fingerprint density at radius 3 is 1.60 bits per heavy atom. The third-order valence-electron chi connectivity index (χ3n) is 5.14. The molecule has 0 aliphatic carbocycles. The van der Waals surface area contributed by atoms with Crippen molar-refractivity contribution in [2.24, 2.45) is 11.3 Å². The van der Waals surface area contributed by atoms with E-state index in [4.69, 9.17) is 5.11 Å². The molecule has 0 fully saturated rings. The van der Waals surface area contributed by atoms with E-state index in [-0.39, 0.29) is 5.92 Å². The molecule has 25 heavy (non-hydrogen) atoms. The van der Waals surface area contributed by atoms with Crippen LogP contribution in [0.3, 0.4) is 0 Å². The Bertz CT molecular complexity index is 471. The second-order valence-electron chi connectivity index (χ2n) is 7.07. The zero-order valence-corrected chi connectivity index (χ0v) is 17.4. The Morgan fingerprint density at radius 2 is 1.36 bits per heavy atom. The van der Waals surface area contributed by atoms with Crippen LogP contribution in [0.2, 0.25) is 0 Å². The molecule has 1 atom stereocenters. The number of carbonyl (C=O) groups excluding carboxylic acids is 1. The Labute approximate surface area is 150 Å². The summed E-state index contributed by atoms with van der Waals surface area (Å²) in [6, 6.07) is 0. The van der Waals surface area contributed by atoms with Crippen LogP contribution in [-0.4, -0.2) is 48.9 Å². The number of alkyl halides is 9. The van der Waals surface area contributed by atoms with E-state index in [0.717, 1.165) is 0 Å². The van der Waals surface area contributed by atoms with E-state index in [1.807, 2.05) is 13.8 Å². The van der Waals surface area contributed by atoms with Gasteiger partial charge in [-0.1, -0.05) is 0 Å². The van der Waals surface area contributed by atoms with Crippen LogP contribution >= 0.6 is 19.8 Å². The van der Waals surface area contributed by atoms with Gasteiger partial charge in [-0.2, -0.15) is 0 Å². The van der Waals surface area contributed by atoms with Crippen molar-refractivity contribution in [2.45, 2.75) is 56.0 Å². The number of aliphatic hydroxyl groups is 1. The van der Waals surface area contributed by atoms with E-state index in [1.54, 1.807) is 23.7 Å². The zero-order valence-electron chi connectivity index (χ0n) is 15.2. The van der Waals surface area contributed by atoms with Crippen molar-refractivity contribution in [2.75, 3.05) is 16.5 Å². The predicted molar refractivity (Wildman–Crippen MR) is 90.9 cm³/mol. The van der Waals surface area contributed by atoms with Gasteiger partial charge in [0.25, 0.3) is 0 Å². The fourth-order valence-corrected chi connectivity index (χ4v) is 6.52. The third kappa shape index (κ3) is 4.36. The Morgan fingerprint density at radius 1 is 1.00 bits per heavy atom. The SMILES string of the molecule is CC(C)C(C)(C)C(C)(C(=O)OCC(O)(C(F)(F)F)C(F)(F)F)I(C)C. The molecule has 1 unspecified atom stereocenters. The Balaban J connectivity index is 5.76. The Kier molecular flexibility index (Phi) is 7.32. The quantitative estimate of drug-likeness (QED) is 0.254. The molecule has 0 aromatic carbocycles. The third-order valence-corrected chi connectivity index (χ3v) is 11.3. The summed E-state index contributed by atoms with van der Waals surface area (Å²) >= 11 is -2.12. The molecule has 0 heterocycles. The summed E-state index contributed by atoms with van der Waals surface area (Å²) in [6.45, 7) is 6.39. The first-order chi connectivity index (χ1) is 10.8. The van der Waals surface area contributed by atoms with Crippen LogP contribution in [0, 0.1) is 11.3 Å². The van der Waals surface area contributed by atoms with Crippen LogP contribution in [0.1, 0.15) is 34.6 Å². The molecule has 0 amide bonds. The van der Waals surface area contributed by atoms with Crippen LogP contribution in [-0.2, 0) is 9.53 Å². The number of ether oxygens (including phenoxy) is 1. The van der Waals surface area contributed by atoms with E-state index in [1.165, 1.54) is 6.92 Å². The van der Waals surface area contributed by atoms with Gasteiger partial charge in [0, 0.05) is 0 Å². The summed E-state index contributed by atoms with van der Waals surface area (Å²) in [7, 11) is 0. The van der Waals surface area contributed by atoms with Gasteiger partial charge in [0.05, 0.1) is 0 Å². The van der Waals surface area contributed by atoms with Gasteiger partial charge in [-0.3, -0.25) is 0 Å². The summed E-state index contributed by atoms with van der Waals surface area (Å²) in [5.74, 6) is -1.22. The van der Waals surface area contributed by atoms with Crippen molar-refractivity contribution >= 4 is 25.8 Å². The van der Waals surface area contributed by atoms with Crippen LogP contribution in [0.15, 0.2) is 0 Å². The van der Waals surface area contributed by atoms with Gasteiger partial charge >= 0.3 is 151 Å². The number of esters is 1. The summed E-state index contributed by atoms with van der Waals surface area (Å²) in [5.41, 5.74) is -5.81. The van der Waals surface area contributed by atoms with Gasteiger partial charge < -0.3 is 0 Å². The number of rotatable bonds is 6. The molecular weight excluding hydrogens is 469 g/mol. The van der Waals surface area contributed by atoms with Crippen molar-refractivity contribution in [3.8, 4) is 0 Å². The normalized spacial score (nSPS) is 17.3. The van der Waals surface area contributed by atoms with E-state index in [2.05, 4.69) is 4.74 Å². The molecule has 0 radical (unpaired) electrons. The second-order valence-corrected chi connectivity index (χ2v) is 13.5. The molecule has 152 valence electrons. The van der Waals surface area contributed by atoms with Crippen molar-refractivity contribution < 1.29 is 41.0 Å². The van der Waals surface area contributed by atoms with Gasteiger partial charge in [0.1, 0.15) is 0 Å². The van der Waals surface area contributed by atoms with Crippen LogP contribution in [0.5, 0.6) is 0 Å². The zero-order chi connectivity index (χ0) is 20.6. The molecule has 0 bridgehead atoms. The van der Waals surface area contributed by atoms with Gasteiger partial charge in [-0.25, -0.2) is 0 Å².